The van der Waals surface area contributed by atoms with Crippen molar-refractivity contribution in [3.63, 3.8) is 0 Å². The molecule has 0 bridgehead atoms. The van der Waals surface area contributed by atoms with Gasteiger partial charge in [0.1, 0.15) is 0 Å². The van der Waals surface area contributed by atoms with Gasteiger partial charge in [0.05, 0.1) is 43.6 Å². The molecule has 3 heterocycles. The van der Waals surface area contributed by atoms with Crippen LogP contribution in [0.5, 0.6) is 0 Å². The number of benzene rings is 2. The smallest absolute Gasteiger partial charge is 0.338 e. The summed E-state index contributed by atoms with van der Waals surface area (Å²) in [7, 11) is 0. The van der Waals surface area contributed by atoms with Crippen LogP contribution in [-0.2, 0) is 19.1 Å². The van der Waals surface area contributed by atoms with Gasteiger partial charge in [-0.25, -0.2) is 9.79 Å². The molecule has 2 aromatic rings. The lowest BCUT2D eigenvalue weighted by atomic mass is 9.90. The van der Waals surface area contributed by atoms with Crippen molar-refractivity contribution < 1.29 is 19.1 Å². The first-order valence-corrected chi connectivity index (χ1v) is 13.1. The molecule has 7 nitrogen and oxygen atoms in total. The second kappa shape index (κ2) is 10.7. The van der Waals surface area contributed by atoms with Crippen LogP contribution in [0.15, 0.2) is 76.3 Å². The topological polar surface area (TPSA) is 71.4 Å². The zero-order valence-corrected chi connectivity index (χ0v) is 21.3. The van der Waals surface area contributed by atoms with Crippen LogP contribution >= 0.6 is 11.8 Å². The fraction of sp³-hybridized carbons (Fsp3) is 0.321. The number of nitrogens with zero attached hydrogens (tertiary/aromatic N) is 3. The van der Waals surface area contributed by atoms with E-state index in [2.05, 4.69) is 6.07 Å². The number of ether oxygens (including phenoxy) is 2. The minimum Gasteiger partial charge on any atom is -0.463 e. The average Bonchev–Trinajstić information content (AvgIpc) is 3.31. The molecule has 8 heteroatoms. The Labute approximate surface area is 215 Å². The first kappa shape index (κ1) is 24.3. The zero-order chi connectivity index (χ0) is 25.1. The summed E-state index contributed by atoms with van der Waals surface area (Å²) in [6.07, 6.45) is 0.227. The van der Waals surface area contributed by atoms with Gasteiger partial charge in [0.2, 0.25) is 5.91 Å². The highest BCUT2D eigenvalue weighted by Gasteiger charge is 2.42. The number of thioether (sulfide) groups is 1. The highest BCUT2D eigenvalue weighted by molar-refractivity contribution is 8.16. The van der Waals surface area contributed by atoms with E-state index in [1.807, 2.05) is 70.7 Å². The molecular weight excluding hydrogens is 474 g/mol. The Morgan fingerprint density at radius 3 is 2.61 bits per heavy atom. The number of morpholine rings is 1. The van der Waals surface area contributed by atoms with Gasteiger partial charge in [-0.2, -0.15) is 0 Å². The van der Waals surface area contributed by atoms with Gasteiger partial charge >= 0.3 is 5.97 Å². The van der Waals surface area contributed by atoms with Crippen LogP contribution in [0.4, 0.5) is 0 Å². The van der Waals surface area contributed by atoms with Crippen LogP contribution in [0.1, 0.15) is 36.1 Å². The van der Waals surface area contributed by atoms with Gasteiger partial charge in [-0.05, 0) is 24.8 Å². The second-order valence-corrected chi connectivity index (χ2v) is 9.66. The third-order valence-corrected chi connectivity index (χ3v) is 7.30. The number of aryl methyl sites for hydroxylation is 1. The lowest BCUT2D eigenvalue weighted by molar-refractivity contribution is -0.139. The third-order valence-electron chi connectivity index (χ3n) is 6.41. The lowest BCUT2D eigenvalue weighted by Crippen LogP contribution is -2.42. The first-order chi connectivity index (χ1) is 17.6. The van der Waals surface area contributed by atoms with Crippen molar-refractivity contribution in [1.29, 1.82) is 0 Å². The molecule has 0 N–H and O–H groups in total. The first-order valence-electron chi connectivity index (χ1n) is 12.2. The molecule has 1 fully saturated rings. The summed E-state index contributed by atoms with van der Waals surface area (Å²) in [5, 5.41) is 2.73. The molecule has 5 rings (SSSR count). The molecular formula is C28H29N3O4S. The number of aliphatic imine (C=N–C) groups is 1. The van der Waals surface area contributed by atoms with Crippen molar-refractivity contribution in [1.82, 2.24) is 9.80 Å². The Hall–Kier alpha value is -3.36. The normalized spacial score (nSPS) is 19.6. The van der Waals surface area contributed by atoms with E-state index in [-0.39, 0.29) is 18.9 Å². The van der Waals surface area contributed by atoms with Gasteiger partial charge in [0, 0.05) is 24.4 Å². The monoisotopic (exact) mass is 503 g/mol. The summed E-state index contributed by atoms with van der Waals surface area (Å²) in [5.41, 5.74) is 4.80. The average molecular weight is 504 g/mol. The summed E-state index contributed by atoms with van der Waals surface area (Å²) in [6, 6.07) is 17.4. The molecule has 0 radical (unpaired) electrons. The van der Waals surface area contributed by atoms with Crippen molar-refractivity contribution in [2.24, 2.45) is 4.99 Å². The van der Waals surface area contributed by atoms with Crippen molar-refractivity contribution >= 4 is 34.5 Å². The highest BCUT2D eigenvalue weighted by Crippen LogP contribution is 2.47. The third kappa shape index (κ3) is 4.83. The Kier molecular flexibility index (Phi) is 7.25. The lowest BCUT2D eigenvalue weighted by Gasteiger charge is -2.37. The number of amides is 1. The SMILES string of the molecule is CCOC(=O)C1=C(c2ccccc2)N=C2SC=C(CC(=O)N3CCOCC3)N2[C@@H]1c1cccc(C)c1. The second-order valence-electron chi connectivity index (χ2n) is 8.83. The molecule has 2 aromatic carbocycles. The van der Waals surface area contributed by atoms with Gasteiger partial charge in [-0.3, -0.25) is 4.79 Å². The van der Waals surface area contributed by atoms with Crippen molar-refractivity contribution in [3.8, 4) is 0 Å². The minimum atomic E-state index is -0.467. The van der Waals surface area contributed by atoms with Crippen molar-refractivity contribution in [2.45, 2.75) is 26.3 Å². The molecule has 1 amide bonds. The van der Waals surface area contributed by atoms with Crippen molar-refractivity contribution in [3.05, 3.63) is 88.0 Å². The number of carbonyl (C=O) groups is 2. The quantitative estimate of drug-likeness (QED) is 0.540. The number of amidine groups is 1. The molecule has 0 spiro atoms. The number of esters is 1. The van der Waals surface area contributed by atoms with Crippen LogP contribution < -0.4 is 0 Å². The van der Waals surface area contributed by atoms with E-state index < -0.39 is 12.0 Å². The highest BCUT2D eigenvalue weighted by atomic mass is 32.2. The molecule has 1 atom stereocenters. The molecule has 0 unspecified atom stereocenters. The molecule has 0 aromatic heterocycles. The summed E-state index contributed by atoms with van der Waals surface area (Å²) in [5.74, 6) is -0.355. The molecule has 0 saturated carbocycles. The van der Waals surface area contributed by atoms with Crippen LogP contribution in [0.25, 0.3) is 5.70 Å². The van der Waals surface area contributed by atoms with E-state index in [1.54, 1.807) is 6.92 Å². The van der Waals surface area contributed by atoms with E-state index in [4.69, 9.17) is 14.5 Å². The van der Waals surface area contributed by atoms with E-state index in [0.717, 1.165) is 27.6 Å². The number of fused-ring (bicyclic) bond motifs is 1. The largest absolute Gasteiger partial charge is 0.463 e. The van der Waals surface area contributed by atoms with Crippen LogP contribution in [0, 0.1) is 6.92 Å². The van der Waals surface area contributed by atoms with Gasteiger partial charge in [0.15, 0.2) is 5.17 Å². The molecule has 186 valence electrons. The zero-order valence-electron chi connectivity index (χ0n) is 20.5. The summed E-state index contributed by atoms with van der Waals surface area (Å²) < 4.78 is 11.0. The van der Waals surface area contributed by atoms with Crippen LogP contribution in [-0.4, -0.2) is 59.8 Å². The van der Waals surface area contributed by atoms with Crippen LogP contribution in [0.2, 0.25) is 0 Å². The van der Waals surface area contributed by atoms with Crippen LogP contribution in [0.3, 0.4) is 0 Å². The van der Waals surface area contributed by atoms with E-state index in [0.29, 0.717) is 37.6 Å². The fourth-order valence-corrected chi connectivity index (χ4v) is 5.64. The van der Waals surface area contributed by atoms with E-state index >= 15 is 0 Å². The number of rotatable bonds is 6. The maximum atomic E-state index is 13.5. The molecule has 1 saturated heterocycles. The van der Waals surface area contributed by atoms with Gasteiger partial charge in [-0.1, -0.05) is 71.9 Å². The van der Waals surface area contributed by atoms with E-state index in [9.17, 15) is 9.59 Å². The molecule has 3 aliphatic rings. The Morgan fingerprint density at radius 1 is 1.11 bits per heavy atom. The fourth-order valence-electron chi connectivity index (χ4n) is 4.72. The van der Waals surface area contributed by atoms with Crippen molar-refractivity contribution in [2.75, 3.05) is 32.9 Å². The predicted octanol–water partition coefficient (Wildman–Crippen LogP) is 4.52. The summed E-state index contributed by atoms with van der Waals surface area (Å²) in [4.78, 5) is 35.5. The number of hydrogen-bond acceptors (Lipinski definition) is 7. The molecule has 36 heavy (non-hydrogen) atoms. The number of carbonyl (C=O) groups excluding carboxylic acids is 2. The summed E-state index contributed by atoms with van der Waals surface area (Å²) in [6.45, 7) is 6.38. The van der Waals surface area contributed by atoms with E-state index in [1.165, 1.54) is 11.8 Å². The minimum absolute atomic E-state index is 0.0462. The maximum absolute atomic E-state index is 13.5. The molecule has 3 aliphatic heterocycles. The van der Waals surface area contributed by atoms with Gasteiger partial charge in [-0.15, -0.1) is 0 Å². The Balaban J connectivity index is 1.60. The standard InChI is InChI=1S/C28H29N3O4S/c1-3-35-27(33)24-25(20-9-5-4-6-10-20)29-28-31(26(24)21-11-7-8-19(2)16-21)22(18-36-28)17-23(32)30-12-14-34-15-13-30/h4-11,16,18,26H,3,12-15,17H2,1-2H3/t26-/m1/s1. The van der Waals surface area contributed by atoms with Gasteiger partial charge < -0.3 is 19.3 Å². The van der Waals surface area contributed by atoms with Gasteiger partial charge in [0.25, 0.3) is 0 Å². The Morgan fingerprint density at radius 2 is 1.89 bits per heavy atom. The Bertz CT molecular complexity index is 1250. The summed E-state index contributed by atoms with van der Waals surface area (Å²) >= 11 is 1.48. The number of hydrogen-bond donors (Lipinski definition) is 0. The maximum Gasteiger partial charge on any atom is 0.338 e. The molecule has 0 aliphatic carbocycles. The predicted molar refractivity (Wildman–Crippen MR) is 141 cm³/mol.